The van der Waals surface area contributed by atoms with Crippen molar-refractivity contribution in [3.05, 3.63) is 35.0 Å². The molecule has 0 amide bonds. The lowest BCUT2D eigenvalue weighted by molar-refractivity contribution is 0.0911. The molecular weight excluding hydrogens is 264 g/mol. The second kappa shape index (κ2) is 5.46. The second-order valence-corrected chi connectivity index (χ2v) is 4.49. The fourth-order valence-electron chi connectivity index (χ4n) is 0.917. The molecule has 17 heavy (non-hydrogen) atoms. The summed E-state index contributed by atoms with van der Waals surface area (Å²) < 4.78 is 13.7. The van der Waals surface area contributed by atoms with Gasteiger partial charge in [-0.1, -0.05) is 0 Å². The van der Waals surface area contributed by atoms with E-state index in [2.05, 4.69) is 4.74 Å². The normalized spacial score (nSPS) is 9.65. The van der Waals surface area contributed by atoms with Gasteiger partial charge in [0, 0.05) is 0 Å². The largest absolute Gasteiger partial charge is 0.524 e. The van der Waals surface area contributed by atoms with Gasteiger partial charge in [0.05, 0.1) is 0 Å². The van der Waals surface area contributed by atoms with Crippen molar-refractivity contribution in [2.75, 3.05) is 0 Å². The molecule has 0 spiro atoms. The molecule has 2 aromatic rings. The molecule has 0 bridgehead atoms. The quantitative estimate of drug-likeness (QED) is 0.617. The molecule has 0 aliphatic heterocycles. The van der Waals surface area contributed by atoms with Crippen molar-refractivity contribution in [2.45, 2.75) is 0 Å². The smallest absolute Gasteiger partial charge is 0.383 e. The zero-order valence-electron chi connectivity index (χ0n) is 8.32. The molecule has 0 saturated carbocycles. The number of ether oxygens (including phenoxy) is 3. The van der Waals surface area contributed by atoms with E-state index < -0.39 is 12.3 Å². The minimum atomic E-state index is -1.12. The number of hydrogen-bond donors (Lipinski definition) is 0. The van der Waals surface area contributed by atoms with Gasteiger partial charge in [0.15, 0.2) is 10.1 Å². The first-order chi connectivity index (χ1) is 8.24. The molecule has 2 heterocycles. The van der Waals surface area contributed by atoms with Crippen LogP contribution >= 0.6 is 22.7 Å². The van der Waals surface area contributed by atoms with E-state index in [4.69, 9.17) is 9.47 Å². The molecule has 0 aliphatic rings. The van der Waals surface area contributed by atoms with Crippen LogP contribution in [0.25, 0.3) is 0 Å². The van der Waals surface area contributed by atoms with Crippen molar-refractivity contribution in [1.82, 2.24) is 0 Å². The Kier molecular flexibility index (Phi) is 3.73. The Morgan fingerprint density at radius 3 is 1.71 bits per heavy atom. The number of thiophene rings is 2. The summed E-state index contributed by atoms with van der Waals surface area (Å²) in [6, 6.07) is 6.57. The van der Waals surface area contributed by atoms with Crippen LogP contribution in [0.15, 0.2) is 35.0 Å². The molecule has 5 nitrogen and oxygen atoms in total. The lowest BCUT2D eigenvalue weighted by Crippen LogP contribution is -2.18. The first-order valence-electron chi connectivity index (χ1n) is 4.42. The third-order valence-electron chi connectivity index (χ3n) is 1.52. The Balaban J connectivity index is 1.80. The molecular formula is C10H6O5S2. The van der Waals surface area contributed by atoms with Crippen LogP contribution in [-0.2, 0) is 4.74 Å². The summed E-state index contributed by atoms with van der Waals surface area (Å²) in [5.74, 6) is 0. The number of carbonyl (C=O) groups is 2. The molecule has 0 radical (unpaired) electrons. The maximum atomic E-state index is 11.1. The zero-order valence-corrected chi connectivity index (χ0v) is 9.95. The van der Waals surface area contributed by atoms with Gasteiger partial charge in [-0.2, -0.15) is 0 Å². The maximum absolute atomic E-state index is 11.1. The predicted molar refractivity (Wildman–Crippen MR) is 61.8 cm³/mol. The summed E-state index contributed by atoms with van der Waals surface area (Å²) in [6.07, 6.45) is -2.23. The Bertz CT molecular complexity index is 443. The molecule has 0 saturated heterocycles. The number of hydrogen-bond acceptors (Lipinski definition) is 7. The van der Waals surface area contributed by atoms with E-state index in [9.17, 15) is 9.59 Å². The van der Waals surface area contributed by atoms with Crippen molar-refractivity contribution < 1.29 is 23.8 Å². The van der Waals surface area contributed by atoms with E-state index in [1.807, 2.05) is 0 Å². The van der Waals surface area contributed by atoms with E-state index in [0.717, 1.165) is 0 Å². The Morgan fingerprint density at radius 1 is 0.882 bits per heavy atom. The molecule has 0 fully saturated rings. The molecule has 0 unspecified atom stereocenters. The number of carbonyl (C=O) groups excluding carboxylic acids is 2. The fraction of sp³-hybridized carbons (Fsp3) is 0. The van der Waals surface area contributed by atoms with Crippen molar-refractivity contribution in [2.24, 2.45) is 0 Å². The fourth-order valence-corrected chi connectivity index (χ4v) is 2.05. The first kappa shape index (κ1) is 11.6. The highest BCUT2D eigenvalue weighted by atomic mass is 32.1. The topological polar surface area (TPSA) is 61.8 Å². The molecule has 0 N–H and O–H groups in total. The summed E-state index contributed by atoms with van der Waals surface area (Å²) in [6.45, 7) is 0. The van der Waals surface area contributed by atoms with Gasteiger partial charge in [0.1, 0.15) is 0 Å². The summed E-state index contributed by atoms with van der Waals surface area (Å²) in [5, 5.41) is 4.15. The second-order valence-electron chi connectivity index (χ2n) is 2.67. The minimum absolute atomic E-state index is 0.346. The van der Waals surface area contributed by atoms with Crippen molar-refractivity contribution in [3.63, 3.8) is 0 Å². The molecule has 0 aliphatic carbocycles. The molecule has 0 aromatic carbocycles. The lowest BCUT2D eigenvalue weighted by Gasteiger charge is -2.01. The van der Waals surface area contributed by atoms with Crippen LogP contribution < -0.4 is 9.47 Å². The van der Waals surface area contributed by atoms with E-state index in [0.29, 0.717) is 10.1 Å². The molecule has 7 heteroatoms. The summed E-state index contributed by atoms with van der Waals surface area (Å²) in [7, 11) is 0. The average molecular weight is 270 g/mol. The Labute approximate surface area is 104 Å². The third-order valence-corrected chi connectivity index (χ3v) is 3.01. The van der Waals surface area contributed by atoms with Gasteiger partial charge < -0.3 is 14.2 Å². The van der Waals surface area contributed by atoms with Crippen LogP contribution in [0, 0.1) is 0 Å². The lowest BCUT2D eigenvalue weighted by atomic mass is 10.7. The monoisotopic (exact) mass is 270 g/mol. The van der Waals surface area contributed by atoms with E-state index in [-0.39, 0.29) is 0 Å². The molecule has 88 valence electrons. The van der Waals surface area contributed by atoms with Gasteiger partial charge in [-0.15, -0.1) is 22.7 Å². The molecule has 2 rings (SSSR count). The van der Waals surface area contributed by atoms with E-state index >= 15 is 0 Å². The molecule has 2 aromatic heterocycles. The standard InChI is InChI=1S/C10H6O5S2/c11-9(13-7-3-1-5-16-7)15-10(12)14-8-4-2-6-17-8/h1-6H. The highest BCUT2D eigenvalue weighted by molar-refractivity contribution is 7.12. The summed E-state index contributed by atoms with van der Waals surface area (Å²) >= 11 is 2.42. The number of rotatable bonds is 2. The third kappa shape index (κ3) is 3.58. The van der Waals surface area contributed by atoms with Crippen LogP contribution in [-0.4, -0.2) is 12.3 Å². The van der Waals surface area contributed by atoms with Gasteiger partial charge in [0.25, 0.3) is 0 Å². The van der Waals surface area contributed by atoms with Crippen LogP contribution in [0.3, 0.4) is 0 Å². The van der Waals surface area contributed by atoms with Crippen LogP contribution in [0.1, 0.15) is 0 Å². The van der Waals surface area contributed by atoms with Gasteiger partial charge in [-0.3, -0.25) is 0 Å². The van der Waals surface area contributed by atoms with Crippen LogP contribution in [0.5, 0.6) is 10.1 Å². The minimum Gasteiger partial charge on any atom is -0.383 e. The van der Waals surface area contributed by atoms with Crippen LogP contribution in [0.2, 0.25) is 0 Å². The predicted octanol–water partition coefficient (Wildman–Crippen LogP) is 3.52. The Hall–Kier alpha value is -1.86. The Morgan fingerprint density at radius 2 is 1.35 bits per heavy atom. The van der Waals surface area contributed by atoms with E-state index in [1.54, 1.807) is 35.0 Å². The van der Waals surface area contributed by atoms with Crippen molar-refractivity contribution >= 4 is 35.0 Å². The van der Waals surface area contributed by atoms with Crippen molar-refractivity contribution in [3.8, 4) is 10.1 Å². The first-order valence-corrected chi connectivity index (χ1v) is 6.18. The average Bonchev–Trinajstić information content (AvgIpc) is 2.90. The SMILES string of the molecule is O=C(OC(=O)Oc1cccs1)Oc1cccs1. The highest BCUT2D eigenvalue weighted by Gasteiger charge is 2.15. The van der Waals surface area contributed by atoms with Gasteiger partial charge in [-0.05, 0) is 35.0 Å². The summed E-state index contributed by atoms with van der Waals surface area (Å²) in [5.41, 5.74) is 0. The maximum Gasteiger partial charge on any atom is 0.524 e. The molecule has 0 atom stereocenters. The van der Waals surface area contributed by atoms with Gasteiger partial charge >= 0.3 is 12.3 Å². The van der Waals surface area contributed by atoms with E-state index in [1.165, 1.54) is 22.7 Å². The van der Waals surface area contributed by atoms with Crippen molar-refractivity contribution in [1.29, 1.82) is 0 Å². The highest BCUT2D eigenvalue weighted by Crippen LogP contribution is 2.20. The van der Waals surface area contributed by atoms with Gasteiger partial charge in [-0.25, -0.2) is 9.59 Å². The van der Waals surface area contributed by atoms with Crippen LogP contribution in [0.4, 0.5) is 9.59 Å². The summed E-state index contributed by atoms with van der Waals surface area (Å²) in [4.78, 5) is 22.2. The van der Waals surface area contributed by atoms with Gasteiger partial charge in [0.2, 0.25) is 0 Å². The zero-order chi connectivity index (χ0) is 12.1.